The maximum atomic E-state index is 12.2. The van der Waals surface area contributed by atoms with E-state index in [1.807, 2.05) is 31.2 Å². The number of benzene rings is 1. The van der Waals surface area contributed by atoms with E-state index in [2.05, 4.69) is 15.5 Å². The summed E-state index contributed by atoms with van der Waals surface area (Å²) in [6.45, 7) is 5.07. The molecule has 0 spiro atoms. The molecule has 0 aliphatic carbocycles. The molecule has 0 saturated carbocycles. The first-order chi connectivity index (χ1) is 12.1. The van der Waals surface area contributed by atoms with Gasteiger partial charge in [0, 0.05) is 18.1 Å². The lowest BCUT2D eigenvalue weighted by atomic mass is 10.2. The molecule has 1 aliphatic heterocycles. The van der Waals surface area contributed by atoms with Gasteiger partial charge in [0.1, 0.15) is 5.76 Å². The van der Waals surface area contributed by atoms with Crippen LogP contribution in [0.25, 0.3) is 0 Å². The number of nitrogens with one attached hydrogen (secondary N) is 2. The summed E-state index contributed by atoms with van der Waals surface area (Å²) in [4.78, 5) is 14.4. The molecule has 1 atom stereocenters. The number of amides is 1. The first-order valence-electron chi connectivity index (χ1n) is 8.32. The second-order valence-corrected chi connectivity index (χ2v) is 6.36. The van der Waals surface area contributed by atoms with Gasteiger partial charge in [-0.1, -0.05) is 11.6 Å². The molecule has 3 rings (SSSR count). The highest BCUT2D eigenvalue weighted by atomic mass is 35.5. The molecule has 25 heavy (non-hydrogen) atoms. The Kier molecular flexibility index (Phi) is 5.83. The number of carbonyl (C=O) groups excluding carboxylic acids is 1. The van der Waals surface area contributed by atoms with E-state index in [-0.39, 0.29) is 18.5 Å². The third-order valence-electron chi connectivity index (χ3n) is 4.10. The lowest BCUT2D eigenvalue weighted by Gasteiger charge is -2.30. The Hall–Kier alpha value is -2.18. The minimum atomic E-state index is -0.178. The number of ether oxygens (including phenoxy) is 1. The lowest BCUT2D eigenvalue weighted by molar-refractivity contribution is -0.120. The second kappa shape index (κ2) is 8.27. The van der Waals surface area contributed by atoms with E-state index in [0.717, 1.165) is 30.2 Å². The van der Waals surface area contributed by atoms with Crippen LogP contribution in [-0.4, -0.2) is 38.8 Å². The van der Waals surface area contributed by atoms with Crippen molar-refractivity contribution in [1.29, 1.82) is 0 Å². The number of hydrogen-bond acceptors (Lipinski definition) is 5. The molecule has 0 radical (unpaired) electrons. The predicted molar refractivity (Wildman–Crippen MR) is 98.2 cm³/mol. The molecule has 1 unspecified atom stereocenters. The number of nitrogens with zero attached hydrogens (tertiary/aromatic N) is 1. The SMILES string of the molecule is CC(NC(=O)CNc1cc(Cl)ccc1N1CCOCC1)c1ccco1. The summed E-state index contributed by atoms with van der Waals surface area (Å²) >= 11 is 6.13. The number of anilines is 2. The van der Waals surface area contributed by atoms with Crippen molar-refractivity contribution < 1.29 is 13.9 Å². The first-order valence-corrected chi connectivity index (χ1v) is 8.70. The second-order valence-electron chi connectivity index (χ2n) is 5.92. The maximum absolute atomic E-state index is 12.2. The van der Waals surface area contributed by atoms with Crippen LogP contribution in [-0.2, 0) is 9.53 Å². The molecular formula is C18H22ClN3O3. The van der Waals surface area contributed by atoms with Crippen molar-refractivity contribution in [2.45, 2.75) is 13.0 Å². The van der Waals surface area contributed by atoms with Crippen LogP contribution in [0.2, 0.25) is 5.02 Å². The van der Waals surface area contributed by atoms with Gasteiger partial charge in [-0.2, -0.15) is 0 Å². The molecule has 2 aromatic rings. The Morgan fingerprint density at radius 2 is 2.12 bits per heavy atom. The van der Waals surface area contributed by atoms with Crippen molar-refractivity contribution in [1.82, 2.24) is 5.32 Å². The predicted octanol–water partition coefficient (Wildman–Crippen LogP) is 3.06. The number of hydrogen-bond donors (Lipinski definition) is 2. The molecule has 7 heteroatoms. The van der Waals surface area contributed by atoms with Gasteiger partial charge in [0.05, 0.1) is 43.4 Å². The molecule has 1 saturated heterocycles. The molecule has 134 valence electrons. The minimum absolute atomic E-state index is 0.114. The van der Waals surface area contributed by atoms with Crippen LogP contribution in [0.15, 0.2) is 41.0 Å². The van der Waals surface area contributed by atoms with Gasteiger partial charge in [0.15, 0.2) is 0 Å². The third kappa shape index (κ3) is 4.67. The number of rotatable bonds is 6. The fourth-order valence-electron chi connectivity index (χ4n) is 2.81. The van der Waals surface area contributed by atoms with Crippen LogP contribution in [0.3, 0.4) is 0 Å². The molecule has 2 N–H and O–H groups in total. The van der Waals surface area contributed by atoms with Crippen molar-refractivity contribution in [3.05, 3.63) is 47.4 Å². The van der Waals surface area contributed by atoms with E-state index in [0.29, 0.717) is 18.2 Å². The summed E-state index contributed by atoms with van der Waals surface area (Å²) in [5.74, 6) is 0.613. The highest BCUT2D eigenvalue weighted by molar-refractivity contribution is 6.31. The third-order valence-corrected chi connectivity index (χ3v) is 4.33. The summed E-state index contributed by atoms with van der Waals surface area (Å²) in [6.07, 6.45) is 1.59. The standard InChI is InChI=1S/C18H22ClN3O3/c1-13(17-3-2-8-25-17)21-18(23)12-20-15-11-14(19)4-5-16(15)22-6-9-24-10-7-22/h2-5,8,11,13,20H,6-7,9-10,12H2,1H3,(H,21,23). The highest BCUT2D eigenvalue weighted by Gasteiger charge is 2.16. The summed E-state index contributed by atoms with van der Waals surface area (Å²) in [5, 5.41) is 6.73. The quantitative estimate of drug-likeness (QED) is 0.825. The van der Waals surface area contributed by atoms with Gasteiger partial charge in [-0.05, 0) is 37.3 Å². The van der Waals surface area contributed by atoms with Gasteiger partial charge in [-0.15, -0.1) is 0 Å². The van der Waals surface area contributed by atoms with Gasteiger partial charge in [-0.25, -0.2) is 0 Å². The van der Waals surface area contributed by atoms with E-state index in [1.165, 1.54) is 0 Å². The first kappa shape index (κ1) is 17.6. The van der Waals surface area contributed by atoms with Gasteiger partial charge >= 0.3 is 0 Å². The Balaban J connectivity index is 1.61. The van der Waals surface area contributed by atoms with Crippen molar-refractivity contribution in [2.75, 3.05) is 43.1 Å². The normalized spacial score (nSPS) is 15.7. The minimum Gasteiger partial charge on any atom is -0.467 e. The molecular weight excluding hydrogens is 342 g/mol. The molecule has 6 nitrogen and oxygen atoms in total. The Labute approximate surface area is 152 Å². The molecule has 1 amide bonds. The van der Waals surface area contributed by atoms with Crippen LogP contribution in [0.1, 0.15) is 18.7 Å². The Bertz CT molecular complexity index is 700. The fourth-order valence-corrected chi connectivity index (χ4v) is 2.98. The Morgan fingerprint density at radius 3 is 2.84 bits per heavy atom. The molecule has 1 aromatic heterocycles. The van der Waals surface area contributed by atoms with E-state index in [1.54, 1.807) is 12.3 Å². The van der Waals surface area contributed by atoms with Crippen molar-refractivity contribution in [3.63, 3.8) is 0 Å². The number of carbonyl (C=O) groups is 1. The average Bonchev–Trinajstić information content (AvgIpc) is 3.15. The number of furan rings is 1. The summed E-state index contributed by atoms with van der Waals surface area (Å²) in [7, 11) is 0. The zero-order chi connectivity index (χ0) is 17.6. The zero-order valence-corrected chi connectivity index (χ0v) is 14.9. The monoisotopic (exact) mass is 363 g/mol. The van der Waals surface area contributed by atoms with E-state index >= 15 is 0 Å². The lowest BCUT2D eigenvalue weighted by Crippen LogP contribution is -2.37. The van der Waals surface area contributed by atoms with Crippen LogP contribution in [0.4, 0.5) is 11.4 Å². The maximum Gasteiger partial charge on any atom is 0.239 e. The van der Waals surface area contributed by atoms with Crippen LogP contribution >= 0.6 is 11.6 Å². The van der Waals surface area contributed by atoms with E-state index < -0.39 is 0 Å². The van der Waals surface area contributed by atoms with Crippen molar-refractivity contribution >= 4 is 28.9 Å². The zero-order valence-electron chi connectivity index (χ0n) is 14.1. The van der Waals surface area contributed by atoms with E-state index in [4.69, 9.17) is 20.8 Å². The van der Waals surface area contributed by atoms with Crippen molar-refractivity contribution in [3.8, 4) is 0 Å². The van der Waals surface area contributed by atoms with Gasteiger partial charge in [0.25, 0.3) is 0 Å². The fraction of sp³-hybridized carbons (Fsp3) is 0.389. The van der Waals surface area contributed by atoms with Crippen LogP contribution in [0, 0.1) is 0 Å². The molecule has 1 fully saturated rings. The molecule has 1 aliphatic rings. The summed E-state index contributed by atoms with van der Waals surface area (Å²) in [6, 6.07) is 9.14. The van der Waals surface area contributed by atoms with Crippen LogP contribution < -0.4 is 15.5 Å². The van der Waals surface area contributed by atoms with Gasteiger partial charge in [0.2, 0.25) is 5.91 Å². The van der Waals surface area contributed by atoms with Gasteiger partial charge in [-0.3, -0.25) is 4.79 Å². The number of morpholine rings is 1. The largest absolute Gasteiger partial charge is 0.467 e. The average molecular weight is 364 g/mol. The topological polar surface area (TPSA) is 66.7 Å². The molecule has 0 bridgehead atoms. The van der Waals surface area contributed by atoms with Crippen molar-refractivity contribution in [2.24, 2.45) is 0 Å². The Morgan fingerprint density at radius 1 is 1.32 bits per heavy atom. The van der Waals surface area contributed by atoms with Gasteiger partial charge < -0.3 is 24.7 Å². The highest BCUT2D eigenvalue weighted by Crippen LogP contribution is 2.29. The molecule has 2 heterocycles. The van der Waals surface area contributed by atoms with E-state index in [9.17, 15) is 4.79 Å². The van der Waals surface area contributed by atoms with Crippen LogP contribution in [0.5, 0.6) is 0 Å². The molecule has 1 aromatic carbocycles. The number of halogens is 1. The summed E-state index contributed by atoms with van der Waals surface area (Å²) < 4.78 is 10.7. The summed E-state index contributed by atoms with van der Waals surface area (Å²) in [5.41, 5.74) is 1.87. The smallest absolute Gasteiger partial charge is 0.239 e.